The fourth-order valence-corrected chi connectivity index (χ4v) is 4.57. The Morgan fingerprint density at radius 2 is 1.82 bits per heavy atom. The lowest BCUT2D eigenvalue weighted by atomic mass is 9.99. The minimum atomic E-state index is -1.39. The molecule has 0 fully saturated rings. The van der Waals surface area contributed by atoms with Crippen molar-refractivity contribution in [3.8, 4) is 0 Å². The number of carbonyl (C=O) groups is 4. The largest absolute Gasteiger partial charge is 0.480 e. The summed E-state index contributed by atoms with van der Waals surface area (Å²) in [6.45, 7) is 4.46. The van der Waals surface area contributed by atoms with E-state index in [9.17, 15) is 24.3 Å². The van der Waals surface area contributed by atoms with Crippen LogP contribution in [0.5, 0.6) is 0 Å². The minimum Gasteiger partial charge on any atom is -0.480 e. The van der Waals surface area contributed by atoms with E-state index in [1.165, 1.54) is 0 Å². The van der Waals surface area contributed by atoms with Gasteiger partial charge < -0.3 is 35.1 Å². The van der Waals surface area contributed by atoms with E-state index in [2.05, 4.69) is 33.6 Å². The first kappa shape index (κ1) is 32.0. The number of rotatable bonds is 14. The summed E-state index contributed by atoms with van der Waals surface area (Å²) in [6, 6.07) is 14.2. The molecule has 1 heterocycles. The van der Waals surface area contributed by atoms with Crippen molar-refractivity contribution >= 4 is 30.0 Å². The van der Waals surface area contributed by atoms with E-state index in [1.807, 2.05) is 19.1 Å². The zero-order chi connectivity index (χ0) is 31.5. The SMILES string of the molecule is CCOCC(=O)N(Cc1ccc(C(=O)NCC(NC(=O)OCc2ccccc2)C(=O)O)cc1)Cc1nc2c([nH]1)CC(C)C=C2. The van der Waals surface area contributed by atoms with Crippen molar-refractivity contribution in [1.82, 2.24) is 25.5 Å². The van der Waals surface area contributed by atoms with Crippen LogP contribution >= 0.6 is 0 Å². The van der Waals surface area contributed by atoms with E-state index in [0.717, 1.165) is 28.9 Å². The number of aromatic amines is 1. The van der Waals surface area contributed by atoms with Gasteiger partial charge in [-0.05, 0) is 48.6 Å². The average molecular weight is 604 g/mol. The van der Waals surface area contributed by atoms with Crippen molar-refractivity contribution in [2.45, 2.75) is 46.0 Å². The molecule has 0 bridgehead atoms. The number of carboxylic acids is 1. The van der Waals surface area contributed by atoms with Gasteiger partial charge >= 0.3 is 12.1 Å². The van der Waals surface area contributed by atoms with Gasteiger partial charge in [-0.25, -0.2) is 14.6 Å². The number of carbonyl (C=O) groups excluding carboxylic acids is 3. The molecule has 1 aliphatic rings. The number of nitrogens with one attached hydrogen (secondary N) is 3. The molecule has 12 nitrogen and oxygen atoms in total. The molecule has 0 radical (unpaired) electrons. The zero-order valence-electron chi connectivity index (χ0n) is 24.7. The van der Waals surface area contributed by atoms with Crippen molar-refractivity contribution in [1.29, 1.82) is 0 Å². The first-order valence-corrected chi connectivity index (χ1v) is 14.4. The van der Waals surface area contributed by atoms with Gasteiger partial charge in [-0.15, -0.1) is 0 Å². The normalized spacial score (nSPS) is 14.3. The molecule has 3 aromatic rings. The van der Waals surface area contributed by atoms with Gasteiger partial charge in [-0.2, -0.15) is 0 Å². The Hall–Kier alpha value is -4.97. The molecule has 4 rings (SSSR count). The molecule has 1 aliphatic carbocycles. The lowest BCUT2D eigenvalue weighted by Gasteiger charge is -2.22. The first-order valence-electron chi connectivity index (χ1n) is 14.4. The maximum Gasteiger partial charge on any atom is 0.408 e. The molecule has 0 saturated carbocycles. The topological polar surface area (TPSA) is 163 Å². The molecule has 12 heteroatoms. The van der Waals surface area contributed by atoms with Crippen molar-refractivity contribution in [2.75, 3.05) is 19.8 Å². The van der Waals surface area contributed by atoms with Crippen LogP contribution in [0, 0.1) is 5.92 Å². The number of fused-ring (bicyclic) bond motifs is 1. The first-order chi connectivity index (χ1) is 21.2. The molecule has 232 valence electrons. The number of hydrogen-bond acceptors (Lipinski definition) is 7. The van der Waals surface area contributed by atoms with Crippen LogP contribution < -0.4 is 10.6 Å². The number of hydrogen-bond donors (Lipinski definition) is 4. The van der Waals surface area contributed by atoms with Crippen LogP contribution in [0.3, 0.4) is 0 Å². The molecule has 1 aromatic heterocycles. The summed E-state index contributed by atoms with van der Waals surface area (Å²) in [7, 11) is 0. The van der Waals surface area contributed by atoms with E-state index in [1.54, 1.807) is 53.4 Å². The van der Waals surface area contributed by atoms with E-state index in [-0.39, 0.29) is 44.3 Å². The summed E-state index contributed by atoms with van der Waals surface area (Å²) < 4.78 is 10.4. The van der Waals surface area contributed by atoms with Crippen LogP contribution in [-0.2, 0) is 45.2 Å². The number of aromatic nitrogens is 2. The van der Waals surface area contributed by atoms with Crippen LogP contribution in [0.1, 0.15) is 52.5 Å². The molecule has 2 unspecified atom stereocenters. The maximum absolute atomic E-state index is 13.0. The molecule has 3 amide bonds. The summed E-state index contributed by atoms with van der Waals surface area (Å²) >= 11 is 0. The third-order valence-corrected chi connectivity index (χ3v) is 6.95. The van der Waals surface area contributed by atoms with Crippen molar-refractivity contribution in [2.24, 2.45) is 5.92 Å². The Bertz CT molecular complexity index is 1470. The third kappa shape index (κ3) is 9.27. The molecule has 4 N–H and O–H groups in total. The number of alkyl carbamates (subject to hydrolysis) is 1. The second-order valence-corrected chi connectivity index (χ2v) is 10.5. The van der Waals surface area contributed by atoms with E-state index < -0.39 is 24.0 Å². The lowest BCUT2D eigenvalue weighted by Crippen LogP contribution is -2.48. The third-order valence-electron chi connectivity index (χ3n) is 6.95. The van der Waals surface area contributed by atoms with Gasteiger partial charge in [0.05, 0.1) is 12.2 Å². The monoisotopic (exact) mass is 603 g/mol. The summed E-state index contributed by atoms with van der Waals surface area (Å²) in [6.07, 6.45) is 4.05. The summed E-state index contributed by atoms with van der Waals surface area (Å²) in [4.78, 5) is 59.1. The van der Waals surface area contributed by atoms with E-state index in [0.29, 0.717) is 18.3 Å². The van der Waals surface area contributed by atoms with Crippen LogP contribution in [0.4, 0.5) is 4.79 Å². The predicted octanol–water partition coefficient (Wildman–Crippen LogP) is 3.29. The van der Waals surface area contributed by atoms with E-state index in [4.69, 9.17) is 9.47 Å². The quantitative estimate of drug-likeness (QED) is 0.218. The number of nitrogens with zero attached hydrogens (tertiary/aromatic N) is 2. The van der Waals surface area contributed by atoms with Crippen LogP contribution in [0.25, 0.3) is 6.08 Å². The Morgan fingerprint density at radius 1 is 1.07 bits per heavy atom. The van der Waals surface area contributed by atoms with Crippen LogP contribution in [0.15, 0.2) is 60.7 Å². The van der Waals surface area contributed by atoms with Gasteiger partial charge in [0, 0.05) is 31.0 Å². The van der Waals surface area contributed by atoms with E-state index >= 15 is 0 Å². The second kappa shape index (κ2) is 15.5. The minimum absolute atomic E-state index is 0.0212. The maximum atomic E-state index is 13.0. The molecule has 44 heavy (non-hydrogen) atoms. The molecule has 0 aliphatic heterocycles. The predicted molar refractivity (Wildman–Crippen MR) is 161 cm³/mol. The number of H-pyrrole nitrogens is 1. The highest BCUT2D eigenvalue weighted by Crippen LogP contribution is 2.21. The van der Waals surface area contributed by atoms with Gasteiger partial charge in [0.15, 0.2) is 0 Å². The highest BCUT2D eigenvalue weighted by molar-refractivity contribution is 5.94. The number of aliphatic carboxylic acids is 1. The van der Waals surface area contributed by atoms with Crippen molar-refractivity contribution in [3.05, 3.63) is 94.6 Å². The Labute approximate surface area is 255 Å². The number of carboxylic acid groups (broad SMARTS) is 1. The van der Waals surface area contributed by atoms with Gasteiger partial charge in [0.2, 0.25) is 5.91 Å². The Morgan fingerprint density at radius 3 is 2.52 bits per heavy atom. The molecular formula is C32H37N5O7. The van der Waals surface area contributed by atoms with Gasteiger partial charge in [0.25, 0.3) is 5.91 Å². The molecule has 2 atom stereocenters. The molecule has 0 spiro atoms. The number of benzene rings is 2. The number of amides is 3. The number of imidazole rings is 1. The van der Waals surface area contributed by atoms with Crippen LogP contribution in [-0.4, -0.2) is 69.7 Å². The zero-order valence-corrected chi connectivity index (χ0v) is 24.7. The summed E-state index contributed by atoms with van der Waals surface area (Å²) in [5, 5.41) is 14.3. The number of allylic oxidation sites excluding steroid dienone is 1. The van der Waals surface area contributed by atoms with Crippen molar-refractivity contribution in [3.63, 3.8) is 0 Å². The fraction of sp³-hybridized carbons (Fsp3) is 0.344. The van der Waals surface area contributed by atoms with Crippen LogP contribution in [0.2, 0.25) is 0 Å². The fourth-order valence-electron chi connectivity index (χ4n) is 4.57. The molecular weight excluding hydrogens is 566 g/mol. The number of ether oxygens (including phenoxy) is 2. The molecule has 2 aromatic carbocycles. The Kier molecular flexibility index (Phi) is 11.2. The Balaban J connectivity index is 1.32. The summed E-state index contributed by atoms with van der Waals surface area (Å²) in [5.74, 6) is -0.941. The van der Waals surface area contributed by atoms with Gasteiger partial charge in [0.1, 0.15) is 25.1 Å². The summed E-state index contributed by atoms with van der Waals surface area (Å²) in [5.41, 5.74) is 3.75. The smallest absolute Gasteiger partial charge is 0.408 e. The lowest BCUT2D eigenvalue weighted by molar-refractivity contribution is -0.139. The molecule has 0 saturated heterocycles. The van der Waals surface area contributed by atoms with Crippen molar-refractivity contribution < 1.29 is 33.8 Å². The highest BCUT2D eigenvalue weighted by atomic mass is 16.5. The van der Waals surface area contributed by atoms with Gasteiger partial charge in [-0.1, -0.05) is 55.5 Å². The van der Waals surface area contributed by atoms with Gasteiger partial charge in [-0.3, -0.25) is 9.59 Å². The average Bonchev–Trinajstić information content (AvgIpc) is 3.42. The highest BCUT2D eigenvalue weighted by Gasteiger charge is 2.23. The second-order valence-electron chi connectivity index (χ2n) is 10.5. The standard InChI is InChI=1S/C32H37N5O7/c1-3-43-20-29(38)37(18-28-34-25-14-9-21(2)15-26(25)35-28)17-22-10-12-24(13-11-22)30(39)33-16-27(31(40)41)36-32(42)44-19-23-7-5-4-6-8-23/h4-14,21,27H,3,15-20H2,1-2H3,(H,33,39)(H,34,35)(H,36,42)(H,40,41).